The van der Waals surface area contributed by atoms with Crippen LogP contribution in [-0.4, -0.2) is 15.0 Å². The van der Waals surface area contributed by atoms with E-state index in [0.717, 1.165) is 30.2 Å². The second-order valence-corrected chi connectivity index (χ2v) is 4.55. The van der Waals surface area contributed by atoms with Gasteiger partial charge in [-0.1, -0.05) is 0 Å². The molecular formula is C11H14N4S. The van der Waals surface area contributed by atoms with Crippen LogP contribution in [0.5, 0.6) is 0 Å². The highest BCUT2D eigenvalue weighted by Gasteiger charge is 2.01. The minimum absolute atomic E-state index is 0.741. The van der Waals surface area contributed by atoms with E-state index < -0.39 is 0 Å². The second-order valence-electron chi connectivity index (χ2n) is 3.61. The molecule has 2 heterocycles. The summed E-state index contributed by atoms with van der Waals surface area (Å²) >= 11 is 1.68. The van der Waals surface area contributed by atoms with E-state index in [1.54, 1.807) is 17.5 Å². The van der Waals surface area contributed by atoms with Gasteiger partial charge in [0.15, 0.2) is 0 Å². The van der Waals surface area contributed by atoms with Crippen LogP contribution in [0.2, 0.25) is 0 Å². The maximum atomic E-state index is 4.28. The summed E-state index contributed by atoms with van der Waals surface area (Å²) in [7, 11) is 0. The smallest absolute Gasteiger partial charge is 0.0798 e. The fraction of sp³-hybridized carbons (Fsp3) is 0.364. The van der Waals surface area contributed by atoms with Crippen LogP contribution in [0.4, 0.5) is 0 Å². The summed E-state index contributed by atoms with van der Waals surface area (Å²) in [6.07, 6.45) is 3.59. The summed E-state index contributed by atoms with van der Waals surface area (Å²) in [6.45, 7) is 5.54. The monoisotopic (exact) mass is 234 g/mol. The molecule has 0 aliphatic carbocycles. The van der Waals surface area contributed by atoms with Crippen molar-refractivity contribution in [2.45, 2.75) is 26.9 Å². The van der Waals surface area contributed by atoms with Crippen LogP contribution in [0.1, 0.15) is 22.0 Å². The molecule has 0 atom stereocenters. The van der Waals surface area contributed by atoms with Gasteiger partial charge in [-0.25, -0.2) is 4.98 Å². The first-order valence-electron chi connectivity index (χ1n) is 5.13. The highest BCUT2D eigenvalue weighted by atomic mass is 32.1. The minimum atomic E-state index is 0.741. The molecule has 0 fully saturated rings. The first-order valence-corrected chi connectivity index (χ1v) is 6.01. The van der Waals surface area contributed by atoms with Crippen LogP contribution in [0, 0.1) is 13.8 Å². The van der Waals surface area contributed by atoms with E-state index in [4.69, 9.17) is 0 Å². The number of nitrogens with one attached hydrogen (secondary N) is 1. The first-order chi connectivity index (χ1) is 7.75. The molecule has 4 nitrogen and oxygen atoms in total. The number of hydrogen-bond acceptors (Lipinski definition) is 5. The normalized spacial score (nSPS) is 10.6. The zero-order chi connectivity index (χ0) is 11.4. The molecule has 0 aromatic carbocycles. The molecular weight excluding hydrogens is 220 g/mol. The standard InChI is InChI=1S/C11H14N4S/c1-8-3-14-10(5-13-8)4-12-6-11-9(2)15-7-16-11/h3,5,7,12H,4,6H2,1-2H3. The molecule has 0 saturated heterocycles. The summed E-state index contributed by atoms with van der Waals surface area (Å²) in [4.78, 5) is 14.0. The average Bonchev–Trinajstić information content (AvgIpc) is 2.68. The van der Waals surface area contributed by atoms with Gasteiger partial charge in [0, 0.05) is 30.4 Å². The summed E-state index contributed by atoms with van der Waals surface area (Å²) in [5, 5.41) is 3.33. The summed E-state index contributed by atoms with van der Waals surface area (Å²) in [6, 6.07) is 0. The van der Waals surface area contributed by atoms with Crippen molar-refractivity contribution in [2.24, 2.45) is 0 Å². The van der Waals surface area contributed by atoms with E-state index in [9.17, 15) is 0 Å². The number of thiazole rings is 1. The quantitative estimate of drug-likeness (QED) is 0.877. The Labute approximate surface area is 98.8 Å². The molecule has 0 bridgehead atoms. The van der Waals surface area contributed by atoms with Gasteiger partial charge in [-0.2, -0.15) is 0 Å². The molecule has 2 aromatic heterocycles. The molecule has 0 amide bonds. The average molecular weight is 234 g/mol. The van der Waals surface area contributed by atoms with Crippen molar-refractivity contribution in [2.75, 3.05) is 0 Å². The highest BCUT2D eigenvalue weighted by Crippen LogP contribution is 2.11. The second kappa shape index (κ2) is 5.14. The molecule has 2 aromatic rings. The lowest BCUT2D eigenvalue weighted by atomic mass is 10.3. The number of aryl methyl sites for hydroxylation is 2. The third-order valence-corrected chi connectivity index (χ3v) is 3.21. The van der Waals surface area contributed by atoms with E-state index in [2.05, 4.69) is 20.3 Å². The van der Waals surface area contributed by atoms with Gasteiger partial charge in [0.25, 0.3) is 0 Å². The summed E-state index contributed by atoms with van der Waals surface area (Å²) in [5.41, 5.74) is 4.89. The summed E-state index contributed by atoms with van der Waals surface area (Å²) in [5.74, 6) is 0. The van der Waals surface area contributed by atoms with Crippen molar-refractivity contribution < 1.29 is 0 Å². The molecule has 1 N–H and O–H groups in total. The highest BCUT2D eigenvalue weighted by molar-refractivity contribution is 7.09. The lowest BCUT2D eigenvalue weighted by molar-refractivity contribution is 0.679. The van der Waals surface area contributed by atoms with Crippen LogP contribution >= 0.6 is 11.3 Å². The van der Waals surface area contributed by atoms with Gasteiger partial charge in [0.1, 0.15) is 0 Å². The van der Waals surface area contributed by atoms with E-state index in [-0.39, 0.29) is 0 Å². The lowest BCUT2D eigenvalue weighted by Crippen LogP contribution is -2.13. The molecule has 0 unspecified atom stereocenters. The Morgan fingerprint density at radius 2 is 2.00 bits per heavy atom. The molecule has 0 aliphatic rings. The Morgan fingerprint density at radius 3 is 2.62 bits per heavy atom. The number of nitrogens with zero attached hydrogens (tertiary/aromatic N) is 3. The SMILES string of the molecule is Cc1cnc(CNCc2scnc2C)cn1. The molecule has 16 heavy (non-hydrogen) atoms. The predicted molar refractivity (Wildman–Crippen MR) is 64.2 cm³/mol. The largest absolute Gasteiger partial charge is 0.306 e. The zero-order valence-electron chi connectivity index (χ0n) is 9.40. The van der Waals surface area contributed by atoms with Crippen molar-refractivity contribution >= 4 is 11.3 Å². The Balaban J connectivity index is 1.84. The molecule has 0 spiro atoms. The van der Waals surface area contributed by atoms with Crippen LogP contribution < -0.4 is 5.32 Å². The third-order valence-electron chi connectivity index (χ3n) is 2.27. The Hall–Kier alpha value is -1.33. The first kappa shape index (κ1) is 11.2. The van der Waals surface area contributed by atoms with E-state index >= 15 is 0 Å². The van der Waals surface area contributed by atoms with Crippen molar-refractivity contribution in [1.29, 1.82) is 0 Å². The summed E-state index contributed by atoms with van der Waals surface area (Å²) < 4.78 is 0. The molecule has 5 heteroatoms. The number of aromatic nitrogens is 3. The Morgan fingerprint density at radius 1 is 1.12 bits per heavy atom. The van der Waals surface area contributed by atoms with Gasteiger partial charge >= 0.3 is 0 Å². The third kappa shape index (κ3) is 2.84. The Kier molecular flexibility index (Phi) is 3.58. The molecule has 84 valence electrons. The van der Waals surface area contributed by atoms with E-state index in [1.807, 2.05) is 25.6 Å². The minimum Gasteiger partial charge on any atom is -0.306 e. The lowest BCUT2D eigenvalue weighted by Gasteiger charge is -2.03. The van der Waals surface area contributed by atoms with Crippen LogP contribution in [0.15, 0.2) is 17.9 Å². The van der Waals surface area contributed by atoms with Crippen molar-refractivity contribution in [3.05, 3.63) is 39.9 Å². The molecule has 0 aliphatic heterocycles. The molecule has 0 saturated carbocycles. The van der Waals surface area contributed by atoms with Crippen LogP contribution in [0.3, 0.4) is 0 Å². The maximum absolute atomic E-state index is 4.28. The van der Waals surface area contributed by atoms with Gasteiger partial charge in [-0.15, -0.1) is 11.3 Å². The van der Waals surface area contributed by atoms with E-state index in [0.29, 0.717) is 0 Å². The maximum Gasteiger partial charge on any atom is 0.0798 e. The molecule has 0 radical (unpaired) electrons. The van der Waals surface area contributed by atoms with E-state index in [1.165, 1.54) is 4.88 Å². The fourth-order valence-electron chi connectivity index (χ4n) is 1.31. The number of hydrogen-bond donors (Lipinski definition) is 1. The topological polar surface area (TPSA) is 50.7 Å². The van der Waals surface area contributed by atoms with Crippen LogP contribution in [0.25, 0.3) is 0 Å². The fourth-order valence-corrected chi connectivity index (χ4v) is 2.06. The van der Waals surface area contributed by atoms with Crippen molar-refractivity contribution in [3.63, 3.8) is 0 Å². The Bertz CT molecular complexity index is 449. The predicted octanol–water partition coefficient (Wildman–Crippen LogP) is 1.84. The number of rotatable bonds is 4. The zero-order valence-corrected chi connectivity index (χ0v) is 10.2. The van der Waals surface area contributed by atoms with Gasteiger partial charge in [-0.05, 0) is 13.8 Å². The van der Waals surface area contributed by atoms with Gasteiger partial charge in [0.05, 0.1) is 22.6 Å². The van der Waals surface area contributed by atoms with Gasteiger partial charge < -0.3 is 5.32 Å². The van der Waals surface area contributed by atoms with Gasteiger partial charge in [-0.3, -0.25) is 9.97 Å². The van der Waals surface area contributed by atoms with Crippen molar-refractivity contribution in [1.82, 2.24) is 20.3 Å². The van der Waals surface area contributed by atoms with Gasteiger partial charge in [0.2, 0.25) is 0 Å². The molecule has 2 rings (SSSR count). The van der Waals surface area contributed by atoms with Crippen LogP contribution in [-0.2, 0) is 13.1 Å². The van der Waals surface area contributed by atoms with Crippen molar-refractivity contribution in [3.8, 4) is 0 Å².